The summed E-state index contributed by atoms with van der Waals surface area (Å²) < 4.78 is 0. The van der Waals surface area contributed by atoms with E-state index in [4.69, 9.17) is 10.8 Å². The van der Waals surface area contributed by atoms with Gasteiger partial charge in [0.1, 0.15) is 6.04 Å². The lowest BCUT2D eigenvalue weighted by atomic mass is 9.96. The van der Waals surface area contributed by atoms with E-state index in [1.165, 1.54) is 6.33 Å². The van der Waals surface area contributed by atoms with Gasteiger partial charge < -0.3 is 21.1 Å². The number of nitrogens with two attached hydrogens (primary N) is 1. The van der Waals surface area contributed by atoms with E-state index in [0.717, 1.165) is 19.3 Å². The van der Waals surface area contributed by atoms with Crippen LogP contribution in [0.2, 0.25) is 0 Å². The molecule has 0 saturated heterocycles. The molecule has 1 aromatic heterocycles. The van der Waals surface area contributed by atoms with Crippen molar-refractivity contribution in [3.8, 4) is 0 Å². The molecule has 7 heteroatoms. The summed E-state index contributed by atoms with van der Waals surface area (Å²) >= 11 is 0. The van der Waals surface area contributed by atoms with Crippen LogP contribution in [0.1, 0.15) is 38.3 Å². The molecule has 1 heterocycles. The first-order valence-corrected chi connectivity index (χ1v) is 7.26. The van der Waals surface area contributed by atoms with Gasteiger partial charge in [-0.05, 0) is 25.3 Å². The lowest BCUT2D eigenvalue weighted by molar-refractivity contribution is -0.141. The molecule has 0 spiro atoms. The number of nitrogens with one attached hydrogen (secondary N) is 2. The van der Waals surface area contributed by atoms with Gasteiger partial charge in [0.15, 0.2) is 0 Å². The molecule has 0 aliphatic rings. The summed E-state index contributed by atoms with van der Waals surface area (Å²) in [5, 5.41) is 11.7. The van der Waals surface area contributed by atoms with E-state index in [0.29, 0.717) is 24.6 Å². The lowest BCUT2D eigenvalue weighted by Gasteiger charge is -2.16. The first kappa shape index (κ1) is 17.2. The van der Waals surface area contributed by atoms with Crippen LogP contribution < -0.4 is 11.1 Å². The first-order valence-electron chi connectivity index (χ1n) is 7.26. The minimum absolute atomic E-state index is 0.196. The summed E-state index contributed by atoms with van der Waals surface area (Å²) in [6.07, 6.45) is 6.15. The van der Waals surface area contributed by atoms with Gasteiger partial charge >= 0.3 is 5.97 Å². The summed E-state index contributed by atoms with van der Waals surface area (Å²) in [6, 6.07) is -0.937. The molecule has 0 aliphatic carbocycles. The van der Waals surface area contributed by atoms with Crippen LogP contribution in [-0.2, 0) is 16.0 Å². The maximum Gasteiger partial charge on any atom is 0.326 e. The third-order valence-corrected chi connectivity index (χ3v) is 3.54. The largest absolute Gasteiger partial charge is 0.480 e. The van der Waals surface area contributed by atoms with Crippen LogP contribution >= 0.6 is 0 Å². The summed E-state index contributed by atoms with van der Waals surface area (Å²) in [7, 11) is 0. The smallest absolute Gasteiger partial charge is 0.326 e. The van der Waals surface area contributed by atoms with Gasteiger partial charge in [0.2, 0.25) is 5.91 Å². The number of aliphatic carboxylic acids is 1. The number of carboxylic acids is 1. The Morgan fingerprint density at radius 1 is 1.48 bits per heavy atom. The van der Waals surface area contributed by atoms with Crippen LogP contribution in [0, 0.1) is 5.92 Å². The Morgan fingerprint density at radius 2 is 2.24 bits per heavy atom. The predicted octanol–water partition coefficient (Wildman–Crippen LogP) is 0.677. The van der Waals surface area contributed by atoms with E-state index in [2.05, 4.69) is 22.2 Å². The van der Waals surface area contributed by atoms with Crippen molar-refractivity contribution in [1.82, 2.24) is 15.3 Å². The van der Waals surface area contributed by atoms with Gasteiger partial charge in [0.05, 0.1) is 6.33 Å². The number of imidazole rings is 1. The molecule has 1 amide bonds. The normalized spacial score (nSPS) is 13.6. The second kappa shape index (κ2) is 9.12. The van der Waals surface area contributed by atoms with Gasteiger partial charge in [-0.15, -0.1) is 0 Å². The summed E-state index contributed by atoms with van der Waals surface area (Å²) in [4.78, 5) is 29.7. The molecule has 0 radical (unpaired) electrons. The van der Waals surface area contributed by atoms with E-state index >= 15 is 0 Å². The molecule has 1 rings (SSSR count). The Morgan fingerprint density at radius 3 is 2.76 bits per heavy atom. The highest BCUT2D eigenvalue weighted by molar-refractivity contribution is 5.83. The zero-order valence-corrected chi connectivity index (χ0v) is 12.3. The number of aromatic amines is 1. The minimum Gasteiger partial charge on any atom is -0.480 e. The third-order valence-electron chi connectivity index (χ3n) is 3.54. The van der Waals surface area contributed by atoms with E-state index in [-0.39, 0.29) is 12.3 Å². The SMILES string of the molecule is CCC(CCN)CCC(=O)N[C@H](Cc1cnc[nH]1)C(=O)O. The Balaban J connectivity index is 2.43. The topological polar surface area (TPSA) is 121 Å². The maximum atomic E-state index is 11.9. The molecule has 0 fully saturated rings. The molecular weight excluding hydrogens is 272 g/mol. The van der Waals surface area contributed by atoms with Crippen LogP contribution in [0.4, 0.5) is 0 Å². The maximum absolute atomic E-state index is 11.9. The minimum atomic E-state index is -1.05. The number of carboxylic acid groups (broad SMARTS) is 1. The predicted molar refractivity (Wildman–Crippen MR) is 78.5 cm³/mol. The fraction of sp³-hybridized carbons (Fsp3) is 0.643. The van der Waals surface area contributed by atoms with Crippen LogP contribution in [0.25, 0.3) is 0 Å². The van der Waals surface area contributed by atoms with Crippen LogP contribution in [0.5, 0.6) is 0 Å². The van der Waals surface area contributed by atoms with Crippen molar-refractivity contribution in [2.24, 2.45) is 11.7 Å². The van der Waals surface area contributed by atoms with Gasteiger partial charge in [-0.2, -0.15) is 0 Å². The molecular formula is C14H24N4O3. The van der Waals surface area contributed by atoms with Crippen LogP contribution in [0.3, 0.4) is 0 Å². The highest BCUT2D eigenvalue weighted by Gasteiger charge is 2.21. The Bertz CT molecular complexity index is 433. The highest BCUT2D eigenvalue weighted by atomic mass is 16.4. The van der Waals surface area contributed by atoms with Gasteiger partial charge in [0, 0.05) is 24.7 Å². The van der Waals surface area contributed by atoms with Crippen molar-refractivity contribution in [3.63, 3.8) is 0 Å². The lowest BCUT2D eigenvalue weighted by Crippen LogP contribution is -2.42. The van der Waals surface area contributed by atoms with E-state index < -0.39 is 12.0 Å². The zero-order valence-electron chi connectivity index (χ0n) is 12.3. The third kappa shape index (κ3) is 6.40. The van der Waals surface area contributed by atoms with Gasteiger partial charge in [0.25, 0.3) is 0 Å². The second-order valence-electron chi connectivity index (χ2n) is 5.13. The van der Waals surface area contributed by atoms with E-state index in [1.807, 2.05) is 0 Å². The monoisotopic (exact) mass is 296 g/mol. The number of carbonyl (C=O) groups excluding carboxylic acids is 1. The van der Waals surface area contributed by atoms with E-state index in [1.54, 1.807) is 6.20 Å². The van der Waals surface area contributed by atoms with Crippen molar-refractivity contribution in [2.75, 3.05) is 6.54 Å². The molecule has 1 aromatic rings. The zero-order chi connectivity index (χ0) is 15.7. The van der Waals surface area contributed by atoms with Gasteiger partial charge in [-0.1, -0.05) is 13.3 Å². The fourth-order valence-corrected chi connectivity index (χ4v) is 2.21. The molecule has 21 heavy (non-hydrogen) atoms. The second-order valence-corrected chi connectivity index (χ2v) is 5.13. The van der Waals surface area contributed by atoms with Crippen molar-refractivity contribution in [1.29, 1.82) is 0 Å². The number of hydrogen-bond acceptors (Lipinski definition) is 4. The molecule has 1 unspecified atom stereocenters. The number of nitrogens with zero attached hydrogens (tertiary/aromatic N) is 1. The van der Waals surface area contributed by atoms with Gasteiger partial charge in [-0.3, -0.25) is 4.79 Å². The average Bonchev–Trinajstić information content (AvgIpc) is 2.95. The molecule has 118 valence electrons. The quantitative estimate of drug-likeness (QED) is 0.506. The number of aromatic nitrogens is 2. The molecule has 0 aliphatic heterocycles. The van der Waals surface area contributed by atoms with Crippen molar-refractivity contribution >= 4 is 11.9 Å². The van der Waals surface area contributed by atoms with Crippen molar-refractivity contribution < 1.29 is 14.7 Å². The van der Waals surface area contributed by atoms with E-state index in [9.17, 15) is 9.59 Å². The Kier molecular flexibility index (Phi) is 7.45. The Hall–Kier alpha value is -1.89. The number of H-pyrrole nitrogens is 1. The first-order chi connectivity index (χ1) is 10.1. The molecule has 0 aromatic carbocycles. The fourth-order valence-electron chi connectivity index (χ4n) is 2.21. The van der Waals surface area contributed by atoms with Gasteiger partial charge in [-0.25, -0.2) is 9.78 Å². The highest BCUT2D eigenvalue weighted by Crippen LogP contribution is 2.14. The molecule has 5 N–H and O–H groups in total. The summed E-state index contributed by atoms with van der Waals surface area (Å²) in [5.74, 6) is -0.874. The number of carbonyl (C=O) groups is 2. The molecule has 0 saturated carbocycles. The summed E-state index contributed by atoms with van der Waals surface area (Å²) in [6.45, 7) is 2.67. The average molecular weight is 296 g/mol. The number of hydrogen-bond donors (Lipinski definition) is 4. The number of rotatable bonds is 10. The van der Waals surface area contributed by atoms with Crippen LogP contribution in [0.15, 0.2) is 12.5 Å². The number of amides is 1. The van der Waals surface area contributed by atoms with Crippen molar-refractivity contribution in [3.05, 3.63) is 18.2 Å². The molecule has 7 nitrogen and oxygen atoms in total. The summed E-state index contributed by atoms with van der Waals surface area (Å²) in [5.41, 5.74) is 6.20. The molecule has 0 bridgehead atoms. The molecule has 2 atom stereocenters. The van der Waals surface area contributed by atoms with Crippen LogP contribution in [-0.4, -0.2) is 39.5 Å². The van der Waals surface area contributed by atoms with Crippen molar-refractivity contribution in [2.45, 2.75) is 45.1 Å². The Labute approximate surface area is 124 Å². The standard InChI is InChI=1S/C14H24N4O3/c1-2-10(5-6-15)3-4-13(19)18-12(14(20)21)7-11-8-16-9-17-11/h8-10,12H,2-7,15H2,1H3,(H,16,17)(H,18,19)(H,20,21)/t10?,12-/m1/s1.